The zero-order valence-corrected chi connectivity index (χ0v) is 12.4. The van der Waals surface area contributed by atoms with E-state index in [1.54, 1.807) is 0 Å². The van der Waals surface area contributed by atoms with Gasteiger partial charge in [0.05, 0.1) is 5.69 Å². The standard InChI is InChI=1S/C13H18N4OS/c1-5-9-7(3)11(17-16-9)12(18)15-13-14-10(6-2)8(4)19-13/h5-6H2,1-4H3,(H,16,17)(H,14,15,18). The molecule has 0 aromatic carbocycles. The molecule has 102 valence electrons. The molecule has 0 bridgehead atoms. The SMILES string of the molecule is CCc1nc(NC(=O)c2n[nH]c(CC)c2C)sc1C. The van der Waals surface area contributed by atoms with Crippen molar-refractivity contribution in [1.82, 2.24) is 15.2 Å². The number of aryl methyl sites for hydroxylation is 3. The highest BCUT2D eigenvalue weighted by Gasteiger charge is 2.17. The van der Waals surface area contributed by atoms with Gasteiger partial charge in [-0.2, -0.15) is 5.10 Å². The maximum absolute atomic E-state index is 12.1. The molecular weight excluding hydrogens is 260 g/mol. The third kappa shape index (κ3) is 2.68. The molecule has 0 atom stereocenters. The van der Waals surface area contributed by atoms with Crippen molar-refractivity contribution >= 4 is 22.4 Å². The first-order valence-corrected chi connectivity index (χ1v) is 7.19. The van der Waals surface area contributed by atoms with Gasteiger partial charge in [0, 0.05) is 16.1 Å². The molecule has 6 heteroatoms. The predicted molar refractivity (Wildman–Crippen MR) is 76.9 cm³/mol. The van der Waals surface area contributed by atoms with E-state index in [0.29, 0.717) is 10.8 Å². The van der Waals surface area contributed by atoms with Crippen LogP contribution in [0.25, 0.3) is 0 Å². The highest BCUT2D eigenvalue weighted by molar-refractivity contribution is 7.15. The molecule has 2 aromatic heterocycles. The van der Waals surface area contributed by atoms with Crippen LogP contribution in [0.15, 0.2) is 0 Å². The number of thiazole rings is 1. The van der Waals surface area contributed by atoms with E-state index >= 15 is 0 Å². The van der Waals surface area contributed by atoms with Gasteiger partial charge < -0.3 is 0 Å². The minimum absolute atomic E-state index is 0.204. The van der Waals surface area contributed by atoms with Crippen LogP contribution < -0.4 is 5.32 Å². The van der Waals surface area contributed by atoms with E-state index in [-0.39, 0.29) is 5.91 Å². The first-order chi connectivity index (χ1) is 9.06. The monoisotopic (exact) mass is 278 g/mol. The smallest absolute Gasteiger partial charge is 0.278 e. The third-order valence-electron chi connectivity index (χ3n) is 3.13. The highest BCUT2D eigenvalue weighted by atomic mass is 32.1. The molecule has 2 heterocycles. The minimum Gasteiger partial charge on any atom is -0.296 e. The van der Waals surface area contributed by atoms with Gasteiger partial charge in [-0.1, -0.05) is 13.8 Å². The van der Waals surface area contributed by atoms with Gasteiger partial charge in [-0.25, -0.2) is 4.98 Å². The third-order valence-corrected chi connectivity index (χ3v) is 4.06. The molecular formula is C13H18N4OS. The van der Waals surface area contributed by atoms with Crippen molar-refractivity contribution in [2.45, 2.75) is 40.5 Å². The van der Waals surface area contributed by atoms with Gasteiger partial charge >= 0.3 is 0 Å². The van der Waals surface area contributed by atoms with Crippen LogP contribution in [0.1, 0.15) is 46.2 Å². The number of carbonyl (C=O) groups is 1. The summed E-state index contributed by atoms with van der Waals surface area (Å²) < 4.78 is 0. The summed E-state index contributed by atoms with van der Waals surface area (Å²) in [5.41, 5.74) is 3.38. The number of anilines is 1. The molecule has 2 aromatic rings. The average Bonchev–Trinajstić information content (AvgIpc) is 2.92. The minimum atomic E-state index is -0.204. The predicted octanol–water partition coefficient (Wildman–Crippen LogP) is 2.86. The summed E-state index contributed by atoms with van der Waals surface area (Å²) in [5, 5.41) is 10.4. The normalized spacial score (nSPS) is 10.7. The van der Waals surface area contributed by atoms with Gasteiger partial charge in [0.15, 0.2) is 10.8 Å². The number of aromatic amines is 1. The van der Waals surface area contributed by atoms with Crippen molar-refractivity contribution in [1.29, 1.82) is 0 Å². The number of rotatable bonds is 4. The van der Waals surface area contributed by atoms with E-state index in [4.69, 9.17) is 0 Å². The lowest BCUT2D eigenvalue weighted by atomic mass is 10.1. The maximum Gasteiger partial charge on any atom is 0.278 e. The Morgan fingerprint density at radius 3 is 2.58 bits per heavy atom. The molecule has 0 spiro atoms. The fourth-order valence-electron chi connectivity index (χ4n) is 1.97. The average molecular weight is 278 g/mol. The summed E-state index contributed by atoms with van der Waals surface area (Å²) in [6.07, 6.45) is 1.71. The van der Waals surface area contributed by atoms with Crippen LogP contribution in [-0.2, 0) is 12.8 Å². The van der Waals surface area contributed by atoms with Crippen molar-refractivity contribution in [2.24, 2.45) is 0 Å². The van der Waals surface area contributed by atoms with Crippen molar-refractivity contribution < 1.29 is 4.79 Å². The Morgan fingerprint density at radius 1 is 1.32 bits per heavy atom. The molecule has 1 amide bonds. The summed E-state index contributed by atoms with van der Waals surface area (Å²) in [6.45, 7) is 8.00. The van der Waals surface area contributed by atoms with E-state index < -0.39 is 0 Å². The molecule has 0 aliphatic rings. The van der Waals surface area contributed by atoms with Gasteiger partial charge in [0.1, 0.15) is 0 Å². The van der Waals surface area contributed by atoms with E-state index in [1.807, 2.05) is 20.8 Å². The van der Waals surface area contributed by atoms with E-state index in [2.05, 4.69) is 27.4 Å². The van der Waals surface area contributed by atoms with E-state index in [9.17, 15) is 4.79 Å². The quantitative estimate of drug-likeness (QED) is 0.903. The number of hydrogen-bond acceptors (Lipinski definition) is 4. The number of carbonyl (C=O) groups excluding carboxylic acids is 1. The Labute approximate surface area is 116 Å². The second-order valence-corrected chi connectivity index (χ2v) is 5.56. The lowest BCUT2D eigenvalue weighted by Crippen LogP contribution is -2.13. The maximum atomic E-state index is 12.1. The molecule has 19 heavy (non-hydrogen) atoms. The fraction of sp³-hybridized carbons (Fsp3) is 0.462. The summed E-state index contributed by atoms with van der Waals surface area (Å²) in [7, 11) is 0. The lowest BCUT2D eigenvalue weighted by molar-refractivity contribution is 0.102. The van der Waals surface area contributed by atoms with Gasteiger partial charge in [-0.15, -0.1) is 11.3 Å². The van der Waals surface area contributed by atoms with E-state index in [0.717, 1.165) is 34.7 Å². The Bertz CT molecular complexity index is 600. The first-order valence-electron chi connectivity index (χ1n) is 6.38. The van der Waals surface area contributed by atoms with E-state index in [1.165, 1.54) is 11.3 Å². The zero-order chi connectivity index (χ0) is 14.0. The number of nitrogens with one attached hydrogen (secondary N) is 2. The number of aromatic nitrogens is 3. The fourth-order valence-corrected chi connectivity index (χ4v) is 2.86. The molecule has 5 nitrogen and oxygen atoms in total. The largest absolute Gasteiger partial charge is 0.296 e. The molecule has 0 radical (unpaired) electrons. The van der Waals surface area contributed by atoms with Gasteiger partial charge in [0.2, 0.25) is 0 Å². The Hall–Kier alpha value is -1.69. The van der Waals surface area contributed by atoms with Crippen LogP contribution in [0.2, 0.25) is 0 Å². The van der Waals surface area contributed by atoms with Gasteiger partial charge in [0.25, 0.3) is 5.91 Å². The number of amides is 1. The summed E-state index contributed by atoms with van der Waals surface area (Å²) >= 11 is 1.50. The molecule has 0 saturated heterocycles. The second-order valence-electron chi connectivity index (χ2n) is 4.36. The molecule has 0 aliphatic carbocycles. The van der Waals surface area contributed by atoms with Crippen molar-refractivity contribution in [3.63, 3.8) is 0 Å². The molecule has 0 saturated carbocycles. The number of nitrogens with zero attached hydrogens (tertiary/aromatic N) is 2. The summed E-state index contributed by atoms with van der Waals surface area (Å²) in [5.74, 6) is -0.204. The van der Waals surface area contributed by atoms with Crippen LogP contribution in [-0.4, -0.2) is 21.1 Å². The number of H-pyrrole nitrogens is 1. The number of hydrogen-bond donors (Lipinski definition) is 2. The van der Waals surface area contributed by atoms with Crippen LogP contribution in [0.4, 0.5) is 5.13 Å². The molecule has 0 unspecified atom stereocenters. The summed E-state index contributed by atoms with van der Waals surface area (Å²) in [4.78, 5) is 17.7. The van der Waals surface area contributed by atoms with Crippen LogP contribution in [0, 0.1) is 13.8 Å². The Kier molecular flexibility index (Phi) is 3.99. The lowest BCUT2D eigenvalue weighted by Gasteiger charge is -1.99. The second kappa shape index (κ2) is 5.52. The molecule has 0 fully saturated rings. The van der Waals surface area contributed by atoms with Crippen molar-refractivity contribution in [3.05, 3.63) is 27.5 Å². The molecule has 0 aliphatic heterocycles. The highest BCUT2D eigenvalue weighted by Crippen LogP contribution is 2.23. The van der Waals surface area contributed by atoms with Crippen molar-refractivity contribution in [3.8, 4) is 0 Å². The van der Waals surface area contributed by atoms with Gasteiger partial charge in [-0.3, -0.25) is 15.2 Å². The Morgan fingerprint density at radius 2 is 2.05 bits per heavy atom. The molecule has 2 N–H and O–H groups in total. The molecule has 2 rings (SSSR count). The van der Waals surface area contributed by atoms with Crippen molar-refractivity contribution in [2.75, 3.05) is 5.32 Å². The van der Waals surface area contributed by atoms with Crippen LogP contribution in [0.5, 0.6) is 0 Å². The first kappa shape index (κ1) is 13.7. The van der Waals surface area contributed by atoms with Gasteiger partial charge in [-0.05, 0) is 26.7 Å². The van der Waals surface area contributed by atoms with Crippen LogP contribution in [0.3, 0.4) is 0 Å². The zero-order valence-electron chi connectivity index (χ0n) is 11.6. The van der Waals surface area contributed by atoms with Crippen LogP contribution >= 0.6 is 11.3 Å². The topological polar surface area (TPSA) is 70.7 Å². The Balaban J connectivity index is 2.18. The summed E-state index contributed by atoms with van der Waals surface area (Å²) in [6, 6.07) is 0.